The van der Waals surface area contributed by atoms with E-state index in [9.17, 15) is 4.79 Å². The maximum absolute atomic E-state index is 12.8. The molecule has 126 valence electrons. The van der Waals surface area contributed by atoms with Crippen molar-refractivity contribution in [1.29, 1.82) is 0 Å². The van der Waals surface area contributed by atoms with Crippen LogP contribution >= 0.6 is 15.9 Å². The Balaban J connectivity index is 1.84. The third kappa shape index (κ3) is 4.54. The molecular weight excluding hydrogens is 378 g/mol. The summed E-state index contributed by atoms with van der Waals surface area (Å²) in [7, 11) is 0. The first-order valence-electron chi connectivity index (χ1n) is 8.02. The molecule has 0 bridgehead atoms. The van der Waals surface area contributed by atoms with Gasteiger partial charge in [-0.15, -0.1) is 0 Å². The number of aryl methyl sites for hydroxylation is 1. The van der Waals surface area contributed by atoms with Crippen molar-refractivity contribution in [3.63, 3.8) is 0 Å². The fourth-order valence-electron chi connectivity index (χ4n) is 2.51. The van der Waals surface area contributed by atoms with Gasteiger partial charge in [0.15, 0.2) is 5.78 Å². The molecule has 0 fully saturated rings. The van der Waals surface area contributed by atoms with Gasteiger partial charge in [0.05, 0.1) is 5.56 Å². The highest BCUT2D eigenvalue weighted by molar-refractivity contribution is 9.10. The number of Topliss-reactive ketones (excluding diaryl/α,β-unsaturated/α-hetero) is 1. The van der Waals surface area contributed by atoms with Crippen LogP contribution in [0.2, 0.25) is 0 Å². The number of carbonyl (C=O) groups is 1. The third-order valence-corrected chi connectivity index (χ3v) is 4.74. The van der Waals surface area contributed by atoms with Gasteiger partial charge < -0.3 is 4.74 Å². The van der Waals surface area contributed by atoms with Crippen LogP contribution in [0.3, 0.4) is 0 Å². The second kappa shape index (κ2) is 8.08. The van der Waals surface area contributed by atoms with Crippen LogP contribution in [0.4, 0.5) is 0 Å². The number of carbonyl (C=O) groups excluding carboxylic acids is 1. The van der Waals surface area contributed by atoms with Gasteiger partial charge in [-0.05, 0) is 41.8 Å². The predicted molar refractivity (Wildman–Crippen MR) is 102 cm³/mol. The Kier molecular flexibility index (Phi) is 5.61. The molecule has 0 spiro atoms. The summed E-state index contributed by atoms with van der Waals surface area (Å²) in [5, 5.41) is 0. The van der Waals surface area contributed by atoms with Gasteiger partial charge >= 0.3 is 0 Å². The standard InChI is InChI=1S/C21H18BrNO2/c1-15-10-21(25-14-16-6-3-2-4-7-16)18(12-19(15)22)20(24)11-17-8-5-9-23-13-17/h2-10,12-13H,11,14H2,1H3. The summed E-state index contributed by atoms with van der Waals surface area (Å²) < 4.78 is 6.86. The van der Waals surface area contributed by atoms with Crippen molar-refractivity contribution in [3.05, 3.63) is 93.7 Å². The normalized spacial score (nSPS) is 10.5. The maximum Gasteiger partial charge on any atom is 0.171 e. The molecule has 0 atom stereocenters. The number of rotatable bonds is 6. The molecule has 25 heavy (non-hydrogen) atoms. The number of benzene rings is 2. The van der Waals surface area contributed by atoms with Crippen molar-refractivity contribution < 1.29 is 9.53 Å². The summed E-state index contributed by atoms with van der Waals surface area (Å²) in [6, 6.07) is 17.4. The van der Waals surface area contributed by atoms with Gasteiger partial charge in [-0.25, -0.2) is 0 Å². The summed E-state index contributed by atoms with van der Waals surface area (Å²) in [4.78, 5) is 16.8. The average molecular weight is 396 g/mol. The fraction of sp³-hybridized carbons (Fsp3) is 0.143. The molecule has 0 unspecified atom stereocenters. The summed E-state index contributed by atoms with van der Waals surface area (Å²) >= 11 is 3.51. The first-order chi connectivity index (χ1) is 12.1. The Labute approximate surface area is 155 Å². The molecular formula is C21H18BrNO2. The summed E-state index contributed by atoms with van der Waals surface area (Å²) in [6.45, 7) is 2.41. The van der Waals surface area contributed by atoms with Gasteiger partial charge in [-0.2, -0.15) is 0 Å². The van der Waals surface area contributed by atoms with Crippen LogP contribution in [0.25, 0.3) is 0 Å². The molecule has 0 aliphatic carbocycles. The van der Waals surface area contributed by atoms with Crippen LogP contribution in [0.1, 0.15) is 27.0 Å². The zero-order chi connectivity index (χ0) is 17.6. The number of ether oxygens (including phenoxy) is 1. The smallest absolute Gasteiger partial charge is 0.171 e. The SMILES string of the molecule is Cc1cc(OCc2ccccc2)c(C(=O)Cc2cccnc2)cc1Br. The highest BCUT2D eigenvalue weighted by Gasteiger charge is 2.16. The van der Waals surface area contributed by atoms with E-state index in [1.165, 1.54) is 0 Å². The van der Waals surface area contributed by atoms with Crippen molar-refractivity contribution in [2.75, 3.05) is 0 Å². The minimum atomic E-state index is 0.0109. The third-order valence-electron chi connectivity index (χ3n) is 3.89. The number of aromatic nitrogens is 1. The zero-order valence-corrected chi connectivity index (χ0v) is 15.5. The molecule has 0 amide bonds. The summed E-state index contributed by atoms with van der Waals surface area (Å²) in [6.07, 6.45) is 3.71. The van der Waals surface area contributed by atoms with Gasteiger partial charge in [0.1, 0.15) is 12.4 Å². The number of hydrogen-bond acceptors (Lipinski definition) is 3. The van der Waals surface area contributed by atoms with Crippen molar-refractivity contribution >= 4 is 21.7 Å². The van der Waals surface area contributed by atoms with Gasteiger partial charge in [-0.1, -0.05) is 52.3 Å². The second-order valence-electron chi connectivity index (χ2n) is 5.83. The topological polar surface area (TPSA) is 39.2 Å². The van der Waals surface area contributed by atoms with E-state index in [-0.39, 0.29) is 5.78 Å². The van der Waals surface area contributed by atoms with Crippen LogP contribution in [-0.2, 0) is 13.0 Å². The van der Waals surface area contributed by atoms with Crippen LogP contribution in [0.15, 0.2) is 71.5 Å². The Bertz CT molecular complexity index is 864. The zero-order valence-electron chi connectivity index (χ0n) is 13.9. The molecule has 0 N–H and O–H groups in total. The molecule has 0 aliphatic rings. The van der Waals surface area contributed by atoms with E-state index in [2.05, 4.69) is 20.9 Å². The molecule has 3 nitrogen and oxygen atoms in total. The Morgan fingerprint density at radius 3 is 2.56 bits per heavy atom. The number of hydrogen-bond donors (Lipinski definition) is 0. The van der Waals surface area contributed by atoms with Gasteiger partial charge in [-0.3, -0.25) is 9.78 Å². The van der Waals surface area contributed by atoms with E-state index in [1.807, 2.05) is 61.5 Å². The average Bonchev–Trinajstić information content (AvgIpc) is 2.64. The van der Waals surface area contributed by atoms with Crippen molar-refractivity contribution in [2.24, 2.45) is 0 Å². The first kappa shape index (κ1) is 17.4. The second-order valence-corrected chi connectivity index (χ2v) is 6.69. The van der Waals surface area contributed by atoms with E-state index in [0.717, 1.165) is 21.2 Å². The first-order valence-corrected chi connectivity index (χ1v) is 8.82. The van der Waals surface area contributed by atoms with E-state index in [0.29, 0.717) is 24.3 Å². The van der Waals surface area contributed by atoms with Gasteiger partial charge in [0, 0.05) is 23.3 Å². The predicted octanol–water partition coefficient (Wildman–Crippen LogP) is 5.16. The lowest BCUT2D eigenvalue weighted by atomic mass is 10.0. The van der Waals surface area contributed by atoms with E-state index in [4.69, 9.17) is 4.74 Å². The number of pyridine rings is 1. The highest BCUT2D eigenvalue weighted by Crippen LogP contribution is 2.29. The van der Waals surface area contributed by atoms with Crippen LogP contribution in [-0.4, -0.2) is 10.8 Å². The van der Waals surface area contributed by atoms with Gasteiger partial charge in [0.2, 0.25) is 0 Å². The number of nitrogens with zero attached hydrogens (tertiary/aromatic N) is 1. The Morgan fingerprint density at radius 2 is 1.84 bits per heavy atom. The number of halogens is 1. The fourth-order valence-corrected chi connectivity index (χ4v) is 2.85. The molecule has 2 aromatic carbocycles. The Hall–Kier alpha value is -2.46. The van der Waals surface area contributed by atoms with Crippen molar-refractivity contribution in [1.82, 2.24) is 4.98 Å². The summed E-state index contributed by atoms with van der Waals surface area (Å²) in [5.41, 5.74) is 3.56. The monoisotopic (exact) mass is 395 g/mol. The molecule has 3 aromatic rings. The lowest BCUT2D eigenvalue weighted by Crippen LogP contribution is -2.08. The molecule has 3 rings (SSSR count). The van der Waals surface area contributed by atoms with Crippen LogP contribution in [0, 0.1) is 6.92 Å². The lowest BCUT2D eigenvalue weighted by Gasteiger charge is -2.13. The van der Waals surface area contributed by atoms with E-state index in [1.54, 1.807) is 12.4 Å². The number of ketones is 1. The molecule has 0 saturated heterocycles. The molecule has 0 saturated carbocycles. The van der Waals surface area contributed by atoms with E-state index >= 15 is 0 Å². The maximum atomic E-state index is 12.8. The molecule has 1 heterocycles. The quantitative estimate of drug-likeness (QED) is 0.541. The molecule has 0 radical (unpaired) electrons. The largest absolute Gasteiger partial charge is 0.488 e. The van der Waals surface area contributed by atoms with Crippen molar-refractivity contribution in [3.8, 4) is 5.75 Å². The van der Waals surface area contributed by atoms with E-state index < -0.39 is 0 Å². The van der Waals surface area contributed by atoms with Crippen molar-refractivity contribution in [2.45, 2.75) is 20.0 Å². The molecule has 4 heteroatoms. The minimum absolute atomic E-state index is 0.0109. The molecule has 1 aromatic heterocycles. The lowest BCUT2D eigenvalue weighted by molar-refractivity contribution is 0.0988. The minimum Gasteiger partial charge on any atom is -0.488 e. The highest BCUT2D eigenvalue weighted by atomic mass is 79.9. The van der Waals surface area contributed by atoms with Gasteiger partial charge in [0.25, 0.3) is 0 Å². The molecule has 0 aliphatic heterocycles. The Morgan fingerprint density at radius 1 is 1.08 bits per heavy atom. The van der Waals surface area contributed by atoms with Crippen LogP contribution < -0.4 is 4.74 Å². The summed E-state index contributed by atoms with van der Waals surface area (Å²) in [5.74, 6) is 0.621. The van der Waals surface area contributed by atoms with Crippen LogP contribution in [0.5, 0.6) is 5.75 Å².